The number of barbiturate groups is 1. The molecule has 1 saturated heterocycles. The fourth-order valence-corrected chi connectivity index (χ4v) is 1.85. The molecule has 1 aliphatic rings. The molecule has 4 amide bonds. The number of carbonyl (C=O) groups is 3. The van der Waals surface area contributed by atoms with Gasteiger partial charge in [-0.05, 0) is 12.1 Å². The molecule has 1 atom stereocenters. The minimum Gasteiger partial charge on any atom is -0.766 e. The summed E-state index contributed by atoms with van der Waals surface area (Å²) in [6.07, 6.45) is -0.123. The fraction of sp³-hybridized carbons (Fsp3) is 0.222. The average molecular weight is 294 g/mol. The molecule has 0 radical (unpaired) electrons. The molecular formula is C9H7N2NaO6S. The number of urea groups is 1. The fourth-order valence-electron chi connectivity index (χ4n) is 1.49. The van der Waals surface area contributed by atoms with Gasteiger partial charge in [0.15, 0.2) is 5.09 Å². The Morgan fingerprint density at radius 2 is 1.79 bits per heavy atom. The van der Waals surface area contributed by atoms with Crippen molar-refractivity contribution in [2.45, 2.75) is 11.5 Å². The molecule has 0 aliphatic carbocycles. The summed E-state index contributed by atoms with van der Waals surface area (Å²) in [5, 5.41) is 3.59. The van der Waals surface area contributed by atoms with Gasteiger partial charge in [0, 0.05) is 17.5 Å². The Kier molecular flexibility index (Phi) is 5.44. The molecule has 2 rings (SSSR count). The van der Waals surface area contributed by atoms with Crippen LogP contribution < -0.4 is 40.2 Å². The van der Waals surface area contributed by atoms with Crippen molar-refractivity contribution in [3.8, 4) is 0 Å². The second-order valence-corrected chi connectivity index (χ2v) is 4.39. The van der Waals surface area contributed by atoms with Crippen LogP contribution in [0.5, 0.6) is 0 Å². The van der Waals surface area contributed by atoms with Gasteiger partial charge in [0.2, 0.25) is 11.8 Å². The van der Waals surface area contributed by atoms with E-state index < -0.39 is 34.8 Å². The molecule has 0 saturated carbocycles. The summed E-state index contributed by atoms with van der Waals surface area (Å²) in [4.78, 5) is 33.6. The Balaban J connectivity index is 0.00000180. The van der Waals surface area contributed by atoms with Crippen LogP contribution in [0.15, 0.2) is 21.6 Å². The van der Waals surface area contributed by atoms with Gasteiger partial charge in [0.25, 0.3) is 0 Å². The Bertz CT molecular complexity index is 537. The molecule has 1 aromatic rings. The van der Waals surface area contributed by atoms with Crippen LogP contribution in [0.1, 0.15) is 5.76 Å². The molecule has 10 heteroatoms. The largest absolute Gasteiger partial charge is 1.00 e. The quantitative estimate of drug-likeness (QED) is 0.332. The summed E-state index contributed by atoms with van der Waals surface area (Å²) in [6.45, 7) is 0. The van der Waals surface area contributed by atoms with Crippen molar-refractivity contribution in [2.24, 2.45) is 5.92 Å². The van der Waals surface area contributed by atoms with Gasteiger partial charge in [0.05, 0.1) is 0 Å². The number of carbonyl (C=O) groups excluding carboxylic acids is 3. The number of hydrogen-bond donors (Lipinski definition) is 2. The van der Waals surface area contributed by atoms with Gasteiger partial charge in [-0.2, -0.15) is 0 Å². The van der Waals surface area contributed by atoms with Crippen molar-refractivity contribution >= 4 is 28.9 Å². The van der Waals surface area contributed by atoms with Gasteiger partial charge >= 0.3 is 35.6 Å². The van der Waals surface area contributed by atoms with Gasteiger partial charge < -0.3 is 8.97 Å². The maximum absolute atomic E-state index is 11.4. The van der Waals surface area contributed by atoms with Crippen molar-refractivity contribution < 1.29 is 57.1 Å². The van der Waals surface area contributed by atoms with Crippen molar-refractivity contribution in [2.75, 3.05) is 0 Å². The zero-order valence-electron chi connectivity index (χ0n) is 9.80. The van der Waals surface area contributed by atoms with Crippen molar-refractivity contribution in [3.63, 3.8) is 0 Å². The maximum atomic E-state index is 11.4. The Labute approximate surface area is 131 Å². The number of imide groups is 2. The van der Waals surface area contributed by atoms with Gasteiger partial charge in [-0.25, -0.2) is 4.79 Å². The summed E-state index contributed by atoms with van der Waals surface area (Å²) < 4.78 is 26.1. The molecule has 1 fully saturated rings. The van der Waals surface area contributed by atoms with E-state index in [1.807, 2.05) is 10.6 Å². The van der Waals surface area contributed by atoms with Crippen LogP contribution in [0.25, 0.3) is 0 Å². The van der Waals surface area contributed by atoms with E-state index in [4.69, 9.17) is 4.42 Å². The van der Waals surface area contributed by atoms with E-state index in [0.29, 0.717) is 0 Å². The molecule has 1 unspecified atom stereocenters. The van der Waals surface area contributed by atoms with Crippen LogP contribution >= 0.6 is 0 Å². The Morgan fingerprint density at radius 1 is 1.21 bits per heavy atom. The normalized spacial score (nSPS) is 17.4. The third-order valence-corrected chi connectivity index (χ3v) is 2.86. The molecule has 2 N–H and O–H groups in total. The van der Waals surface area contributed by atoms with Crippen LogP contribution in [0.4, 0.5) is 4.79 Å². The Morgan fingerprint density at radius 3 is 2.26 bits per heavy atom. The first kappa shape index (κ1) is 16.1. The molecule has 0 bridgehead atoms. The van der Waals surface area contributed by atoms with Gasteiger partial charge in [0.1, 0.15) is 11.7 Å². The van der Waals surface area contributed by atoms with Crippen LogP contribution in [0.3, 0.4) is 0 Å². The van der Waals surface area contributed by atoms with Crippen LogP contribution in [0.2, 0.25) is 0 Å². The molecular weight excluding hydrogens is 287 g/mol. The topological polar surface area (TPSA) is 129 Å². The Hall–Kier alpha value is -1.000. The first-order valence-electron chi connectivity index (χ1n) is 4.81. The zero-order chi connectivity index (χ0) is 13.3. The second kappa shape index (κ2) is 6.44. The molecule has 19 heavy (non-hydrogen) atoms. The van der Waals surface area contributed by atoms with E-state index >= 15 is 0 Å². The predicted molar refractivity (Wildman–Crippen MR) is 54.8 cm³/mol. The third kappa shape index (κ3) is 3.74. The number of hydrogen-bond acceptors (Lipinski definition) is 6. The summed E-state index contributed by atoms with van der Waals surface area (Å²) in [5.74, 6) is -2.45. The second-order valence-electron chi connectivity index (χ2n) is 3.52. The minimum atomic E-state index is -2.51. The molecule has 0 aromatic carbocycles. The molecule has 1 aromatic heterocycles. The maximum Gasteiger partial charge on any atom is 1.00 e. The molecule has 96 valence electrons. The molecule has 0 spiro atoms. The predicted octanol–water partition coefficient (Wildman–Crippen LogP) is -3.95. The van der Waals surface area contributed by atoms with Crippen LogP contribution in [-0.2, 0) is 27.1 Å². The monoisotopic (exact) mass is 294 g/mol. The summed E-state index contributed by atoms with van der Waals surface area (Å²) in [7, 11) is 0. The van der Waals surface area contributed by atoms with Gasteiger partial charge in [-0.3, -0.25) is 24.4 Å². The van der Waals surface area contributed by atoms with E-state index in [2.05, 4.69) is 0 Å². The summed E-state index contributed by atoms with van der Waals surface area (Å²) in [6, 6.07) is 1.69. The molecule has 1 aliphatic heterocycles. The number of furan rings is 1. The van der Waals surface area contributed by atoms with E-state index in [1.165, 1.54) is 12.1 Å². The third-order valence-electron chi connectivity index (χ3n) is 2.31. The number of amides is 4. The number of nitrogens with one attached hydrogen (secondary N) is 2. The average Bonchev–Trinajstić information content (AvgIpc) is 2.71. The van der Waals surface area contributed by atoms with Crippen LogP contribution in [-0.4, -0.2) is 26.6 Å². The smallest absolute Gasteiger partial charge is 0.766 e. The van der Waals surface area contributed by atoms with Gasteiger partial charge in [-0.15, -0.1) is 0 Å². The van der Waals surface area contributed by atoms with Crippen LogP contribution in [0, 0.1) is 5.92 Å². The van der Waals surface area contributed by atoms with E-state index in [0.717, 1.165) is 0 Å². The van der Waals surface area contributed by atoms with E-state index in [1.54, 1.807) is 0 Å². The minimum absolute atomic E-state index is 0. The standard InChI is InChI=1S/C9H8N2O6S.Na/c12-7-5(8(13)11-9(14)10-7)3-4-1-2-6(17-4)18(15)16;/h1-2,5H,3H2,(H,15,16)(H2,10,11,12,13,14);/q;+1/p-1. The first-order valence-corrected chi connectivity index (χ1v) is 5.88. The molecule has 2 heterocycles. The van der Waals surface area contributed by atoms with Crippen molar-refractivity contribution in [1.29, 1.82) is 0 Å². The van der Waals surface area contributed by atoms with Gasteiger partial charge in [-0.1, -0.05) is 0 Å². The summed E-state index contributed by atoms with van der Waals surface area (Å²) >= 11 is -2.51. The van der Waals surface area contributed by atoms with E-state index in [9.17, 15) is 23.1 Å². The first-order chi connectivity index (χ1) is 8.47. The van der Waals surface area contributed by atoms with E-state index in [-0.39, 0.29) is 46.8 Å². The SMILES string of the molecule is O=C1NC(=O)C(Cc2ccc(S(=O)[O-])o2)C(=O)N1.[Na+]. The molecule has 8 nitrogen and oxygen atoms in total. The number of rotatable bonds is 3. The van der Waals surface area contributed by atoms with Crippen molar-refractivity contribution in [3.05, 3.63) is 17.9 Å². The summed E-state index contributed by atoms with van der Waals surface area (Å²) in [5.41, 5.74) is 0. The zero-order valence-corrected chi connectivity index (χ0v) is 12.6. The van der Waals surface area contributed by atoms with Crippen molar-refractivity contribution in [1.82, 2.24) is 10.6 Å².